The topological polar surface area (TPSA) is 67.9 Å². The molecule has 2 aliphatic rings. The van der Waals surface area contributed by atoms with Gasteiger partial charge in [0.1, 0.15) is 13.2 Å². The van der Waals surface area contributed by atoms with Gasteiger partial charge in [0.05, 0.1) is 18.2 Å². The van der Waals surface area contributed by atoms with Gasteiger partial charge >= 0.3 is 0 Å². The second-order valence-electron chi connectivity index (χ2n) is 8.34. The SMILES string of the molecule is CC(=O)N1CCc2ccccc2C1CC(=O)Nc1cc2c(cc1Sc1ccccc1)OCCO2. The summed E-state index contributed by atoms with van der Waals surface area (Å²) in [5.74, 6) is 1.12. The van der Waals surface area contributed by atoms with E-state index in [-0.39, 0.29) is 24.3 Å². The predicted octanol–water partition coefficient (Wildman–Crippen LogP) is 5.08. The van der Waals surface area contributed by atoms with Crippen molar-refractivity contribution in [3.05, 3.63) is 77.9 Å². The molecule has 2 heterocycles. The van der Waals surface area contributed by atoms with Crippen LogP contribution in [0.15, 0.2) is 76.5 Å². The van der Waals surface area contributed by atoms with Crippen molar-refractivity contribution in [2.24, 2.45) is 0 Å². The largest absolute Gasteiger partial charge is 0.486 e. The van der Waals surface area contributed by atoms with Crippen LogP contribution in [-0.4, -0.2) is 36.5 Å². The molecular weight excluding hydrogens is 448 g/mol. The van der Waals surface area contributed by atoms with Crippen molar-refractivity contribution in [3.63, 3.8) is 0 Å². The van der Waals surface area contributed by atoms with E-state index in [1.54, 1.807) is 23.6 Å². The molecule has 3 aromatic rings. The van der Waals surface area contributed by atoms with Crippen LogP contribution in [0.2, 0.25) is 0 Å². The van der Waals surface area contributed by atoms with Gasteiger partial charge in [0.25, 0.3) is 0 Å². The number of hydrogen-bond donors (Lipinski definition) is 1. The highest BCUT2D eigenvalue weighted by Gasteiger charge is 2.31. The molecule has 2 aliphatic heterocycles. The number of fused-ring (bicyclic) bond motifs is 2. The second-order valence-corrected chi connectivity index (χ2v) is 9.45. The van der Waals surface area contributed by atoms with Crippen molar-refractivity contribution in [3.8, 4) is 11.5 Å². The van der Waals surface area contributed by atoms with Crippen molar-refractivity contribution in [2.75, 3.05) is 25.1 Å². The number of amides is 2. The van der Waals surface area contributed by atoms with Crippen LogP contribution in [0.5, 0.6) is 11.5 Å². The Balaban J connectivity index is 1.42. The number of rotatable bonds is 5. The molecule has 174 valence electrons. The number of ether oxygens (including phenoxy) is 2. The molecule has 5 rings (SSSR count). The Bertz CT molecular complexity index is 1210. The first-order valence-corrected chi connectivity index (χ1v) is 12.2. The molecule has 7 heteroatoms. The van der Waals surface area contributed by atoms with E-state index in [9.17, 15) is 9.59 Å². The van der Waals surface area contributed by atoms with Gasteiger partial charge in [-0.05, 0) is 29.7 Å². The average Bonchev–Trinajstić information content (AvgIpc) is 2.85. The predicted molar refractivity (Wildman–Crippen MR) is 132 cm³/mol. The van der Waals surface area contributed by atoms with Gasteiger partial charge in [0.15, 0.2) is 11.5 Å². The number of anilines is 1. The summed E-state index contributed by atoms with van der Waals surface area (Å²) in [6.07, 6.45) is 0.981. The standard InChI is InChI=1S/C27H26N2O4S/c1-18(30)29-12-11-19-7-5-6-10-21(19)23(29)16-27(31)28-22-15-24-25(33-14-13-32-24)17-26(22)34-20-8-3-2-4-9-20/h2-10,15,17,23H,11-14,16H2,1H3,(H,28,31). The molecule has 0 bridgehead atoms. The molecule has 0 aliphatic carbocycles. The zero-order valence-electron chi connectivity index (χ0n) is 19.0. The minimum Gasteiger partial charge on any atom is -0.486 e. The maximum absolute atomic E-state index is 13.3. The number of benzene rings is 3. The summed E-state index contributed by atoms with van der Waals surface area (Å²) < 4.78 is 11.5. The minimum atomic E-state index is -0.287. The third-order valence-corrected chi connectivity index (χ3v) is 7.15. The highest BCUT2D eigenvalue weighted by Crippen LogP contribution is 2.42. The third-order valence-electron chi connectivity index (χ3n) is 6.09. The van der Waals surface area contributed by atoms with Crippen LogP contribution in [0.1, 0.15) is 30.5 Å². The van der Waals surface area contributed by atoms with E-state index in [2.05, 4.69) is 11.4 Å². The molecule has 2 amide bonds. The summed E-state index contributed by atoms with van der Waals surface area (Å²) in [6, 6.07) is 21.5. The molecule has 0 fully saturated rings. The van der Waals surface area contributed by atoms with Gasteiger partial charge in [-0.1, -0.05) is 54.2 Å². The molecule has 0 aromatic heterocycles. The number of carbonyl (C=O) groups is 2. The van der Waals surface area contributed by atoms with E-state index in [4.69, 9.17) is 9.47 Å². The molecule has 6 nitrogen and oxygen atoms in total. The fourth-order valence-electron chi connectivity index (χ4n) is 4.49. The van der Waals surface area contributed by atoms with E-state index in [1.807, 2.05) is 60.7 Å². The zero-order valence-corrected chi connectivity index (χ0v) is 19.8. The molecular formula is C27H26N2O4S. The normalized spacial score (nSPS) is 16.5. The summed E-state index contributed by atoms with van der Waals surface area (Å²) in [4.78, 5) is 29.4. The summed E-state index contributed by atoms with van der Waals surface area (Å²) >= 11 is 1.55. The van der Waals surface area contributed by atoms with E-state index in [0.29, 0.717) is 36.9 Å². The Labute approximate surface area is 203 Å². The van der Waals surface area contributed by atoms with Gasteiger partial charge in [0.2, 0.25) is 11.8 Å². The van der Waals surface area contributed by atoms with Gasteiger partial charge in [0, 0.05) is 35.4 Å². The van der Waals surface area contributed by atoms with Gasteiger partial charge in [-0.15, -0.1) is 0 Å². The van der Waals surface area contributed by atoms with Crippen molar-refractivity contribution >= 4 is 29.3 Å². The van der Waals surface area contributed by atoms with Crippen LogP contribution < -0.4 is 14.8 Å². The van der Waals surface area contributed by atoms with E-state index < -0.39 is 0 Å². The smallest absolute Gasteiger partial charge is 0.226 e. The van der Waals surface area contributed by atoms with Crippen LogP contribution in [0, 0.1) is 0 Å². The van der Waals surface area contributed by atoms with Crippen molar-refractivity contribution < 1.29 is 19.1 Å². The summed E-state index contributed by atoms with van der Waals surface area (Å²) in [5.41, 5.74) is 2.90. The number of nitrogens with one attached hydrogen (secondary N) is 1. The first-order valence-electron chi connectivity index (χ1n) is 11.4. The molecule has 0 saturated heterocycles. The molecule has 0 radical (unpaired) electrons. The molecule has 1 unspecified atom stereocenters. The Morgan fingerprint density at radius 2 is 1.71 bits per heavy atom. The van der Waals surface area contributed by atoms with Gasteiger partial charge in [-0.2, -0.15) is 0 Å². The van der Waals surface area contributed by atoms with E-state index in [1.165, 1.54) is 5.56 Å². The Hall–Kier alpha value is -3.45. The van der Waals surface area contributed by atoms with E-state index in [0.717, 1.165) is 21.8 Å². The van der Waals surface area contributed by atoms with Crippen molar-refractivity contribution in [1.82, 2.24) is 4.90 Å². The monoisotopic (exact) mass is 474 g/mol. The highest BCUT2D eigenvalue weighted by atomic mass is 32.2. The first-order chi connectivity index (χ1) is 16.6. The first kappa shape index (κ1) is 22.3. The van der Waals surface area contributed by atoms with Crippen molar-refractivity contribution in [2.45, 2.75) is 35.6 Å². The van der Waals surface area contributed by atoms with Crippen LogP contribution in [0.3, 0.4) is 0 Å². The quantitative estimate of drug-likeness (QED) is 0.558. The maximum atomic E-state index is 13.3. The Morgan fingerprint density at radius 3 is 2.47 bits per heavy atom. The number of nitrogens with zero attached hydrogens (tertiary/aromatic N) is 1. The maximum Gasteiger partial charge on any atom is 0.226 e. The molecule has 34 heavy (non-hydrogen) atoms. The van der Waals surface area contributed by atoms with Crippen LogP contribution in [-0.2, 0) is 16.0 Å². The molecule has 1 N–H and O–H groups in total. The van der Waals surface area contributed by atoms with Crippen LogP contribution in [0.25, 0.3) is 0 Å². The summed E-state index contributed by atoms with van der Waals surface area (Å²) in [5, 5.41) is 3.09. The van der Waals surface area contributed by atoms with Crippen LogP contribution in [0.4, 0.5) is 5.69 Å². The molecule has 1 atom stereocenters. The Morgan fingerprint density at radius 1 is 1.00 bits per heavy atom. The lowest BCUT2D eigenvalue weighted by Gasteiger charge is -2.36. The molecule has 0 spiro atoms. The lowest BCUT2D eigenvalue weighted by molar-refractivity contribution is -0.132. The molecule has 0 saturated carbocycles. The van der Waals surface area contributed by atoms with Gasteiger partial charge in [-0.25, -0.2) is 0 Å². The van der Waals surface area contributed by atoms with Gasteiger partial charge in [-0.3, -0.25) is 9.59 Å². The number of carbonyl (C=O) groups excluding carboxylic acids is 2. The fraction of sp³-hybridized carbons (Fsp3) is 0.259. The summed E-state index contributed by atoms with van der Waals surface area (Å²) in [7, 11) is 0. The third kappa shape index (κ3) is 4.75. The van der Waals surface area contributed by atoms with E-state index >= 15 is 0 Å². The van der Waals surface area contributed by atoms with Gasteiger partial charge < -0.3 is 19.7 Å². The lowest BCUT2D eigenvalue weighted by Crippen LogP contribution is -2.40. The minimum absolute atomic E-state index is 0.0213. The molecule has 3 aromatic carbocycles. The Kier molecular flexibility index (Phi) is 6.45. The second kappa shape index (κ2) is 9.81. The zero-order chi connectivity index (χ0) is 23.5. The summed E-state index contributed by atoms with van der Waals surface area (Å²) in [6.45, 7) is 3.14. The fourth-order valence-corrected chi connectivity index (χ4v) is 5.43. The van der Waals surface area contributed by atoms with Crippen LogP contribution >= 0.6 is 11.8 Å². The van der Waals surface area contributed by atoms with Crippen molar-refractivity contribution in [1.29, 1.82) is 0 Å². The average molecular weight is 475 g/mol. The lowest BCUT2D eigenvalue weighted by atomic mass is 9.90. The highest BCUT2D eigenvalue weighted by molar-refractivity contribution is 7.99. The number of hydrogen-bond acceptors (Lipinski definition) is 5.